The van der Waals surface area contributed by atoms with E-state index in [1.54, 1.807) is 0 Å². The molecule has 58 heavy (non-hydrogen) atoms. The Morgan fingerprint density at radius 1 is 0.914 bits per heavy atom. The summed E-state index contributed by atoms with van der Waals surface area (Å²) in [7, 11) is -2.87. The predicted molar refractivity (Wildman–Crippen MR) is 200 cm³/mol. The Morgan fingerprint density at radius 3 is 2.07 bits per heavy atom. The zero-order valence-electron chi connectivity index (χ0n) is 31.2. The summed E-state index contributed by atoms with van der Waals surface area (Å²) < 4.78 is 105. The number of carboxylic acid groups (broad SMARTS) is 1. The molecule has 1 aliphatic rings. The zero-order chi connectivity index (χ0) is 43.2. The SMILES string of the molecule is COc1ccc(CS(=O)(=O)[C@@H]2C[C@@H](C(=O)NC(C(=O)C(F)(F)F)C(C)C)N(C(=O)C(Cc3ccc(CNC(=O)O)cc3)NC(=O)C(F)(F)c3cccc(Cl)c3)C2)cc1. The van der Waals surface area contributed by atoms with Gasteiger partial charge in [-0.05, 0) is 53.3 Å². The van der Waals surface area contributed by atoms with Gasteiger partial charge in [0.25, 0.3) is 11.7 Å². The Kier molecular flexibility index (Phi) is 14.5. The van der Waals surface area contributed by atoms with Crippen LogP contribution < -0.4 is 20.7 Å². The van der Waals surface area contributed by atoms with Crippen LogP contribution >= 0.6 is 11.6 Å². The molecule has 1 heterocycles. The van der Waals surface area contributed by atoms with Crippen molar-refractivity contribution in [2.75, 3.05) is 13.7 Å². The maximum absolute atomic E-state index is 15.6. The minimum atomic E-state index is -5.37. The van der Waals surface area contributed by atoms with Gasteiger partial charge in [-0.1, -0.05) is 74.0 Å². The Balaban J connectivity index is 1.74. The maximum atomic E-state index is 15.6. The van der Waals surface area contributed by atoms with Crippen molar-refractivity contribution < 1.29 is 64.2 Å². The first-order chi connectivity index (χ1) is 27.0. The molecule has 20 heteroatoms. The summed E-state index contributed by atoms with van der Waals surface area (Å²) in [5, 5.41) is 13.4. The van der Waals surface area contributed by atoms with E-state index in [4.69, 9.17) is 21.4 Å². The van der Waals surface area contributed by atoms with Crippen LogP contribution in [0.25, 0.3) is 0 Å². The first-order valence-corrected chi connectivity index (χ1v) is 19.7. The molecule has 4 amide bonds. The monoisotopic (exact) mass is 858 g/mol. The van der Waals surface area contributed by atoms with E-state index in [0.29, 0.717) is 16.2 Å². The average Bonchev–Trinajstić information content (AvgIpc) is 3.62. The molecule has 1 aliphatic heterocycles. The standard InChI is InChI=1S/C38H40ClF5N4O9S/c1-21(2)31(32(49)38(42,43)44)47-33(50)30-17-28(58(55,56)20-24-11-13-27(57-3)14-12-24)19-48(30)34(51)29(15-22-7-9-23(10-8-22)18-45-36(53)54)46-35(52)37(40,41)25-5-4-6-26(39)16-25/h4-14,16,21,28-31,45H,15,17-20H2,1-3H3,(H,46,52)(H,47,50)(H,53,54)/t28-,29?,30+,31?/m1/s1. The van der Waals surface area contributed by atoms with Crippen molar-refractivity contribution in [3.63, 3.8) is 0 Å². The summed E-state index contributed by atoms with van der Waals surface area (Å²) >= 11 is 5.88. The fourth-order valence-corrected chi connectivity index (χ4v) is 8.20. The third kappa shape index (κ3) is 11.4. The summed E-state index contributed by atoms with van der Waals surface area (Å²) in [6.07, 6.45) is -7.88. The molecular formula is C38H40ClF5N4O9S. The van der Waals surface area contributed by atoms with Crippen LogP contribution in [0.1, 0.15) is 42.5 Å². The zero-order valence-corrected chi connectivity index (χ0v) is 32.8. The Morgan fingerprint density at radius 2 is 1.52 bits per heavy atom. The lowest BCUT2D eigenvalue weighted by atomic mass is 9.98. The number of ether oxygens (including phenoxy) is 1. The molecule has 314 valence electrons. The van der Waals surface area contributed by atoms with Crippen LogP contribution in [-0.2, 0) is 53.7 Å². The van der Waals surface area contributed by atoms with Crippen molar-refractivity contribution in [2.45, 2.75) is 74.5 Å². The smallest absolute Gasteiger partial charge is 0.452 e. The number of Topliss-reactive ketones (excluding diaryl/α,β-unsaturated/α-hetero) is 1. The first kappa shape index (κ1) is 45.4. The summed E-state index contributed by atoms with van der Waals surface area (Å²) in [6, 6.07) is 9.91. The van der Waals surface area contributed by atoms with Gasteiger partial charge in [-0.25, -0.2) is 13.2 Å². The fraction of sp³-hybridized carbons (Fsp3) is 0.395. The summed E-state index contributed by atoms with van der Waals surface area (Å²) in [4.78, 5) is 65.6. The van der Waals surface area contributed by atoms with Crippen molar-refractivity contribution in [1.82, 2.24) is 20.9 Å². The van der Waals surface area contributed by atoms with Crippen molar-refractivity contribution in [1.29, 1.82) is 0 Å². The van der Waals surface area contributed by atoms with E-state index in [9.17, 15) is 45.6 Å². The van der Waals surface area contributed by atoms with Gasteiger partial charge in [0.15, 0.2) is 9.84 Å². The van der Waals surface area contributed by atoms with Gasteiger partial charge in [0.1, 0.15) is 17.8 Å². The van der Waals surface area contributed by atoms with Crippen LogP contribution in [0.2, 0.25) is 5.02 Å². The quantitative estimate of drug-likeness (QED) is 0.147. The molecule has 4 N–H and O–H groups in total. The van der Waals surface area contributed by atoms with E-state index in [2.05, 4.69) is 5.32 Å². The number of methoxy groups -OCH3 is 1. The van der Waals surface area contributed by atoms with E-state index in [1.807, 2.05) is 10.6 Å². The van der Waals surface area contributed by atoms with E-state index >= 15 is 8.78 Å². The van der Waals surface area contributed by atoms with Crippen molar-refractivity contribution in [2.24, 2.45) is 5.92 Å². The second-order valence-corrected chi connectivity index (χ2v) is 16.6. The van der Waals surface area contributed by atoms with Gasteiger partial charge in [0.2, 0.25) is 11.8 Å². The highest BCUT2D eigenvalue weighted by molar-refractivity contribution is 7.91. The molecule has 0 saturated carbocycles. The van der Waals surface area contributed by atoms with E-state index < -0.39 is 112 Å². The molecule has 2 unspecified atom stereocenters. The van der Waals surface area contributed by atoms with Gasteiger partial charge in [-0.15, -0.1) is 0 Å². The molecule has 0 aromatic heterocycles. The fourth-order valence-electron chi connectivity index (χ4n) is 6.25. The maximum Gasteiger partial charge on any atom is 0.452 e. The number of alkyl halides is 5. The molecule has 4 rings (SSSR count). The lowest BCUT2D eigenvalue weighted by molar-refractivity contribution is -0.175. The molecule has 0 radical (unpaired) electrons. The number of rotatable bonds is 16. The van der Waals surface area contributed by atoms with Gasteiger partial charge in [0.05, 0.1) is 24.2 Å². The molecule has 13 nitrogen and oxygen atoms in total. The number of hydrogen-bond acceptors (Lipinski definition) is 8. The highest BCUT2D eigenvalue weighted by atomic mass is 35.5. The number of carbonyl (C=O) groups is 5. The van der Waals surface area contributed by atoms with Crippen LogP contribution in [0.3, 0.4) is 0 Å². The van der Waals surface area contributed by atoms with E-state index in [1.165, 1.54) is 75.6 Å². The number of sulfone groups is 1. The highest BCUT2D eigenvalue weighted by Gasteiger charge is 2.50. The topological polar surface area (TPSA) is 188 Å². The Bertz CT molecular complexity index is 2100. The van der Waals surface area contributed by atoms with Crippen molar-refractivity contribution in [3.05, 3.63) is 100 Å². The molecule has 0 bridgehead atoms. The molecule has 0 aliphatic carbocycles. The number of likely N-dealkylation sites (tertiary alicyclic amines) is 1. The third-order valence-electron chi connectivity index (χ3n) is 9.39. The molecular weight excluding hydrogens is 819 g/mol. The number of halogens is 6. The number of hydrogen-bond donors (Lipinski definition) is 4. The highest BCUT2D eigenvalue weighted by Crippen LogP contribution is 2.32. The second-order valence-electron chi connectivity index (χ2n) is 13.9. The molecule has 4 atom stereocenters. The van der Waals surface area contributed by atoms with Gasteiger partial charge in [-0.3, -0.25) is 19.2 Å². The van der Waals surface area contributed by atoms with Crippen molar-refractivity contribution >= 4 is 51.0 Å². The Hall–Kier alpha value is -5.30. The van der Waals surface area contributed by atoms with Crippen LogP contribution in [-0.4, -0.2) is 91.2 Å². The molecule has 0 spiro atoms. The largest absolute Gasteiger partial charge is 0.497 e. The minimum Gasteiger partial charge on any atom is -0.497 e. The van der Waals surface area contributed by atoms with Gasteiger partial charge in [0, 0.05) is 30.1 Å². The number of benzene rings is 3. The minimum absolute atomic E-state index is 0.119. The van der Waals surface area contributed by atoms with Gasteiger partial charge < -0.3 is 30.7 Å². The summed E-state index contributed by atoms with van der Waals surface area (Å²) in [5.74, 6) is -12.4. The average molecular weight is 859 g/mol. The number of amides is 4. The first-order valence-electron chi connectivity index (χ1n) is 17.6. The van der Waals surface area contributed by atoms with E-state index in [-0.39, 0.29) is 22.7 Å². The third-order valence-corrected chi connectivity index (χ3v) is 11.7. The normalized spacial score (nSPS) is 17.0. The number of ketones is 1. The van der Waals surface area contributed by atoms with Crippen LogP contribution in [0.4, 0.5) is 26.7 Å². The summed E-state index contributed by atoms with van der Waals surface area (Å²) in [5.41, 5.74) is 0.150. The molecule has 1 fully saturated rings. The number of carbonyl (C=O) groups excluding carboxylic acids is 4. The van der Waals surface area contributed by atoms with Crippen molar-refractivity contribution in [3.8, 4) is 5.75 Å². The van der Waals surface area contributed by atoms with E-state index in [0.717, 1.165) is 18.2 Å². The van der Waals surface area contributed by atoms with Crippen LogP contribution in [0, 0.1) is 5.92 Å². The lowest BCUT2D eigenvalue weighted by Gasteiger charge is -2.31. The number of nitrogens with zero attached hydrogens (tertiary/aromatic N) is 1. The molecule has 3 aromatic rings. The predicted octanol–water partition coefficient (Wildman–Crippen LogP) is 4.79. The summed E-state index contributed by atoms with van der Waals surface area (Å²) in [6.45, 7) is 1.59. The van der Waals surface area contributed by atoms with Crippen LogP contribution in [0.5, 0.6) is 5.75 Å². The molecule has 3 aromatic carbocycles. The lowest BCUT2D eigenvalue weighted by Crippen LogP contribution is -2.58. The number of nitrogens with one attached hydrogen (secondary N) is 3. The second kappa shape index (κ2) is 18.5. The van der Waals surface area contributed by atoms with Gasteiger partial charge in [-0.2, -0.15) is 22.0 Å². The molecule has 1 saturated heterocycles. The van der Waals surface area contributed by atoms with Gasteiger partial charge >= 0.3 is 18.2 Å². The Labute approximate surface area is 335 Å². The van der Waals surface area contributed by atoms with Crippen LogP contribution in [0.15, 0.2) is 72.8 Å².